The average molecular weight is 270 g/mol. The van der Waals surface area contributed by atoms with Gasteiger partial charge in [-0.3, -0.25) is 9.63 Å². The predicted molar refractivity (Wildman–Crippen MR) is 70.0 cm³/mol. The van der Waals surface area contributed by atoms with Crippen molar-refractivity contribution in [3.8, 4) is 0 Å². The van der Waals surface area contributed by atoms with E-state index >= 15 is 0 Å². The van der Waals surface area contributed by atoms with Crippen molar-refractivity contribution in [1.29, 1.82) is 0 Å². The zero-order valence-corrected chi connectivity index (χ0v) is 11.8. The van der Waals surface area contributed by atoms with Gasteiger partial charge in [-0.1, -0.05) is 6.58 Å². The van der Waals surface area contributed by atoms with E-state index in [9.17, 15) is 9.59 Å². The molecule has 0 atom stereocenters. The molecule has 1 aliphatic rings. The number of hydrogen-bond donors (Lipinski definition) is 1. The molecule has 0 heterocycles. The molecular formula is C13H22N2O4. The van der Waals surface area contributed by atoms with Crippen LogP contribution in [0.2, 0.25) is 0 Å². The third-order valence-corrected chi connectivity index (χ3v) is 3.25. The highest BCUT2D eigenvalue weighted by atomic mass is 16.7. The standard InChI is InChI=1S/C13H22N2O4/c1-9(2)19-13(17)14-11-7-5-10(6-8-11)12(16)15(3)18-4/h10-11H,1,5-8H2,2-4H3,(H,14,17)/t10-,11+. The van der Waals surface area contributed by atoms with Crippen molar-refractivity contribution in [2.75, 3.05) is 14.2 Å². The van der Waals surface area contributed by atoms with E-state index in [1.54, 1.807) is 14.0 Å². The third-order valence-electron chi connectivity index (χ3n) is 3.25. The summed E-state index contributed by atoms with van der Waals surface area (Å²) in [4.78, 5) is 28.2. The second kappa shape index (κ2) is 7.13. The van der Waals surface area contributed by atoms with E-state index in [4.69, 9.17) is 9.57 Å². The number of amides is 2. The summed E-state index contributed by atoms with van der Waals surface area (Å²) in [6.07, 6.45) is 2.53. The second-order valence-corrected chi connectivity index (χ2v) is 4.80. The van der Waals surface area contributed by atoms with E-state index in [1.165, 1.54) is 12.2 Å². The molecule has 0 bridgehead atoms. The second-order valence-electron chi connectivity index (χ2n) is 4.80. The van der Waals surface area contributed by atoms with Gasteiger partial charge in [0.15, 0.2) is 0 Å². The third kappa shape index (κ3) is 4.90. The maximum atomic E-state index is 11.9. The van der Waals surface area contributed by atoms with Crippen molar-refractivity contribution in [2.24, 2.45) is 5.92 Å². The zero-order valence-electron chi connectivity index (χ0n) is 11.8. The van der Waals surface area contributed by atoms with Crippen LogP contribution in [-0.4, -0.2) is 37.3 Å². The Labute approximate surface area is 113 Å². The van der Waals surface area contributed by atoms with Gasteiger partial charge in [0, 0.05) is 19.0 Å². The molecule has 1 N–H and O–H groups in total. The number of ether oxygens (including phenoxy) is 1. The molecule has 2 amide bonds. The maximum Gasteiger partial charge on any atom is 0.412 e. The smallest absolute Gasteiger partial charge is 0.412 e. The van der Waals surface area contributed by atoms with Gasteiger partial charge in [-0.2, -0.15) is 0 Å². The Morgan fingerprint density at radius 3 is 2.32 bits per heavy atom. The SMILES string of the molecule is C=C(C)OC(=O)N[C@H]1CC[C@@H](C(=O)N(C)OC)CC1. The first kappa shape index (κ1) is 15.5. The predicted octanol–water partition coefficient (Wildman–Crippen LogP) is 1.82. The van der Waals surface area contributed by atoms with Crippen molar-refractivity contribution in [1.82, 2.24) is 10.4 Å². The molecule has 0 saturated heterocycles. The molecule has 1 aliphatic carbocycles. The molecule has 0 aromatic rings. The number of nitrogens with one attached hydrogen (secondary N) is 1. The topological polar surface area (TPSA) is 67.9 Å². The molecule has 6 heteroatoms. The Kier molecular flexibility index (Phi) is 5.82. The van der Waals surface area contributed by atoms with Crippen LogP contribution in [0.25, 0.3) is 0 Å². The first-order valence-corrected chi connectivity index (χ1v) is 6.39. The van der Waals surface area contributed by atoms with Crippen LogP contribution < -0.4 is 5.32 Å². The minimum absolute atomic E-state index is 0.00883. The van der Waals surface area contributed by atoms with Crippen LogP contribution in [0.5, 0.6) is 0 Å². The minimum Gasteiger partial charge on any atom is -0.416 e. The highest BCUT2D eigenvalue weighted by molar-refractivity contribution is 5.77. The fourth-order valence-corrected chi connectivity index (χ4v) is 2.19. The van der Waals surface area contributed by atoms with Crippen LogP contribution in [0.4, 0.5) is 4.79 Å². The first-order valence-electron chi connectivity index (χ1n) is 6.39. The molecule has 1 saturated carbocycles. The van der Waals surface area contributed by atoms with Crippen LogP contribution in [0.15, 0.2) is 12.3 Å². The maximum absolute atomic E-state index is 11.9. The number of hydroxylamine groups is 2. The lowest BCUT2D eigenvalue weighted by Gasteiger charge is -2.29. The molecule has 6 nitrogen and oxygen atoms in total. The summed E-state index contributed by atoms with van der Waals surface area (Å²) < 4.78 is 4.84. The summed E-state index contributed by atoms with van der Waals surface area (Å²) in [5.74, 6) is 0.328. The Morgan fingerprint density at radius 1 is 1.26 bits per heavy atom. The summed E-state index contributed by atoms with van der Waals surface area (Å²) in [6.45, 7) is 5.13. The number of nitrogens with zero attached hydrogens (tertiary/aromatic N) is 1. The molecule has 0 aromatic heterocycles. The van der Waals surface area contributed by atoms with Gasteiger partial charge < -0.3 is 10.1 Å². The van der Waals surface area contributed by atoms with Gasteiger partial charge in [0.1, 0.15) is 0 Å². The van der Waals surface area contributed by atoms with Gasteiger partial charge >= 0.3 is 6.09 Å². The Bertz CT molecular complexity index is 349. The molecule has 0 aromatic carbocycles. The molecule has 0 radical (unpaired) electrons. The van der Waals surface area contributed by atoms with Crippen LogP contribution in [0.1, 0.15) is 32.6 Å². The molecule has 0 aliphatic heterocycles. The van der Waals surface area contributed by atoms with E-state index in [2.05, 4.69) is 11.9 Å². The van der Waals surface area contributed by atoms with Crippen LogP contribution >= 0.6 is 0 Å². The van der Waals surface area contributed by atoms with Gasteiger partial charge in [-0.25, -0.2) is 9.86 Å². The lowest BCUT2D eigenvalue weighted by atomic mass is 9.85. The minimum atomic E-state index is -0.476. The fourth-order valence-electron chi connectivity index (χ4n) is 2.19. The zero-order chi connectivity index (χ0) is 14.4. The van der Waals surface area contributed by atoms with Gasteiger partial charge in [0.25, 0.3) is 0 Å². The largest absolute Gasteiger partial charge is 0.416 e. The molecule has 1 fully saturated rings. The van der Waals surface area contributed by atoms with E-state index in [0.29, 0.717) is 5.76 Å². The summed E-state index contributed by atoms with van der Waals surface area (Å²) in [5.41, 5.74) is 0. The molecule has 108 valence electrons. The van der Waals surface area contributed by atoms with Crippen LogP contribution in [0.3, 0.4) is 0 Å². The molecule has 19 heavy (non-hydrogen) atoms. The van der Waals surface area contributed by atoms with Crippen LogP contribution in [0, 0.1) is 5.92 Å². The van der Waals surface area contributed by atoms with Crippen molar-refractivity contribution >= 4 is 12.0 Å². The van der Waals surface area contributed by atoms with Crippen molar-refractivity contribution in [3.05, 3.63) is 12.3 Å². The van der Waals surface area contributed by atoms with E-state index in [-0.39, 0.29) is 17.9 Å². The Balaban J connectivity index is 2.35. The fraction of sp³-hybridized carbons (Fsp3) is 0.692. The lowest BCUT2D eigenvalue weighted by Crippen LogP contribution is -2.41. The number of carbonyl (C=O) groups is 2. The summed E-state index contributed by atoms with van der Waals surface area (Å²) in [7, 11) is 3.08. The highest BCUT2D eigenvalue weighted by Gasteiger charge is 2.29. The Morgan fingerprint density at radius 2 is 1.84 bits per heavy atom. The molecule has 0 spiro atoms. The summed E-state index contributed by atoms with van der Waals surface area (Å²) in [5, 5.41) is 4.03. The number of carbonyl (C=O) groups excluding carboxylic acids is 2. The van der Waals surface area contributed by atoms with E-state index in [0.717, 1.165) is 25.7 Å². The lowest BCUT2D eigenvalue weighted by molar-refractivity contribution is -0.174. The van der Waals surface area contributed by atoms with Crippen molar-refractivity contribution in [2.45, 2.75) is 38.6 Å². The van der Waals surface area contributed by atoms with Gasteiger partial charge in [-0.05, 0) is 32.6 Å². The van der Waals surface area contributed by atoms with Crippen molar-refractivity contribution < 1.29 is 19.2 Å². The normalized spacial score (nSPS) is 22.5. The number of allylic oxidation sites excluding steroid dienone is 1. The number of hydrogen-bond acceptors (Lipinski definition) is 4. The quantitative estimate of drug-likeness (QED) is 0.625. The molecular weight excluding hydrogens is 248 g/mol. The molecule has 1 rings (SSSR count). The van der Waals surface area contributed by atoms with Gasteiger partial charge in [-0.15, -0.1) is 0 Å². The average Bonchev–Trinajstić information content (AvgIpc) is 2.36. The number of rotatable bonds is 4. The Hall–Kier alpha value is -1.56. The summed E-state index contributed by atoms with van der Waals surface area (Å²) >= 11 is 0. The number of alkyl carbamates (subject to hydrolysis) is 1. The van der Waals surface area contributed by atoms with E-state index in [1.807, 2.05) is 0 Å². The van der Waals surface area contributed by atoms with Gasteiger partial charge in [0.2, 0.25) is 5.91 Å². The van der Waals surface area contributed by atoms with E-state index < -0.39 is 6.09 Å². The molecule has 0 unspecified atom stereocenters. The van der Waals surface area contributed by atoms with Gasteiger partial charge in [0.05, 0.1) is 12.9 Å². The monoisotopic (exact) mass is 270 g/mol. The first-order chi connectivity index (χ1) is 8.93. The highest BCUT2D eigenvalue weighted by Crippen LogP contribution is 2.25. The van der Waals surface area contributed by atoms with Crippen LogP contribution in [-0.2, 0) is 14.4 Å². The summed E-state index contributed by atoms with van der Waals surface area (Å²) in [6, 6.07) is 0.0590. The van der Waals surface area contributed by atoms with Crippen molar-refractivity contribution in [3.63, 3.8) is 0 Å².